The van der Waals surface area contributed by atoms with E-state index >= 15 is 0 Å². The number of alkyl carbamates (subject to hydrolysis) is 1. The number of methoxy groups -OCH3 is 6. The van der Waals surface area contributed by atoms with Crippen LogP contribution in [0.1, 0.15) is 57.0 Å². The van der Waals surface area contributed by atoms with Gasteiger partial charge >= 0.3 is 39.8 Å². The van der Waals surface area contributed by atoms with Crippen molar-refractivity contribution in [3.05, 3.63) is 261 Å². The maximum Gasteiger partial charge on any atom is 0.407 e. The minimum Gasteiger partial charge on any atom is -0.489 e. The number of hydrogen-bond donors (Lipinski definition) is 1. The number of nitrogens with one attached hydrogen (secondary N) is 1. The maximum atomic E-state index is 13.2. The summed E-state index contributed by atoms with van der Waals surface area (Å²) in [5.41, 5.74) is 4.29. The van der Waals surface area contributed by atoms with Crippen molar-refractivity contribution >= 4 is 71.9 Å². The highest BCUT2D eigenvalue weighted by Gasteiger charge is 2.27. The Kier molecular flexibility index (Phi) is 36.5. The molecule has 7 aromatic heterocycles. The van der Waals surface area contributed by atoms with Crippen LogP contribution in [0.4, 0.5) is 4.79 Å². The Hall–Kier alpha value is -12.6. The van der Waals surface area contributed by atoms with Gasteiger partial charge in [0.05, 0.1) is 112 Å². The van der Waals surface area contributed by atoms with Gasteiger partial charge in [0.1, 0.15) is 81.9 Å². The molecule has 129 heavy (non-hydrogen) atoms. The van der Waals surface area contributed by atoms with E-state index in [-0.39, 0.29) is 29.9 Å². The van der Waals surface area contributed by atoms with Crippen LogP contribution in [0.15, 0.2) is 231 Å². The third kappa shape index (κ3) is 27.5. The van der Waals surface area contributed by atoms with Crippen LogP contribution >= 0.6 is 0 Å². The molecule has 0 fully saturated rings. The summed E-state index contributed by atoms with van der Waals surface area (Å²) in [4.78, 5) is 95.9. The van der Waals surface area contributed by atoms with Crippen LogP contribution in [-0.2, 0) is 75.4 Å². The van der Waals surface area contributed by atoms with Crippen LogP contribution in [0.3, 0.4) is 0 Å². The number of aromatic nitrogens is 3. The number of carbonyl (C=O) groups excluding carboxylic acids is 1. The van der Waals surface area contributed by atoms with Crippen LogP contribution in [0.2, 0.25) is 0 Å². The Morgan fingerprint density at radius 1 is 0.442 bits per heavy atom. The van der Waals surface area contributed by atoms with Crippen molar-refractivity contribution in [3.63, 3.8) is 0 Å². The first kappa shape index (κ1) is 97.1. The van der Waals surface area contributed by atoms with Crippen molar-refractivity contribution in [1.29, 1.82) is 0 Å². The summed E-state index contributed by atoms with van der Waals surface area (Å²) < 4.78 is 102. The van der Waals surface area contributed by atoms with Crippen molar-refractivity contribution in [3.8, 4) is 50.6 Å². The zero-order valence-corrected chi connectivity index (χ0v) is 74.7. The van der Waals surface area contributed by atoms with Gasteiger partial charge in [0.25, 0.3) is 0 Å². The molecule has 32 nitrogen and oxygen atoms in total. The van der Waals surface area contributed by atoms with Crippen molar-refractivity contribution < 1.29 is 88.1 Å². The molecule has 0 saturated carbocycles. The smallest absolute Gasteiger partial charge is 0.407 e. The number of para-hydroxylation sites is 3. The highest BCUT2D eigenvalue weighted by molar-refractivity contribution is 6.00. The summed E-state index contributed by atoms with van der Waals surface area (Å²) in [7, 11) is 9.86. The number of nitrogens with zero attached hydrogens (tertiary/aromatic N) is 6. The van der Waals surface area contributed by atoms with Gasteiger partial charge in [0, 0.05) is 175 Å². The van der Waals surface area contributed by atoms with Crippen LogP contribution in [-0.4, -0.2) is 209 Å². The van der Waals surface area contributed by atoms with Crippen molar-refractivity contribution in [1.82, 2.24) is 35.0 Å². The molecule has 13 aromatic rings. The molecule has 13 rings (SSSR count). The van der Waals surface area contributed by atoms with E-state index in [1.54, 1.807) is 153 Å². The van der Waals surface area contributed by atoms with Gasteiger partial charge in [0.15, 0.2) is 0 Å². The van der Waals surface area contributed by atoms with Crippen molar-refractivity contribution in [2.24, 2.45) is 0 Å². The summed E-state index contributed by atoms with van der Waals surface area (Å²) in [6, 6.07) is 41.7. The van der Waals surface area contributed by atoms with Gasteiger partial charge < -0.3 is 88.7 Å². The van der Waals surface area contributed by atoms with Crippen molar-refractivity contribution in [2.75, 3.05) is 168 Å². The molecular formula is C97H111N7O25. The quantitative estimate of drug-likeness (QED) is 0.0210. The number of carbonyl (C=O) groups is 1. The van der Waals surface area contributed by atoms with E-state index in [1.165, 1.54) is 18.2 Å². The molecule has 0 bridgehead atoms. The van der Waals surface area contributed by atoms with E-state index < -0.39 is 45.4 Å². The average Bonchev–Trinajstić information content (AvgIpc) is 1.11. The molecule has 1 amide bonds. The molecule has 0 spiro atoms. The minimum atomic E-state index is -0.624. The molecule has 0 aliphatic heterocycles. The molecule has 0 unspecified atom stereocenters. The highest BCUT2D eigenvalue weighted by Crippen LogP contribution is 2.39. The first-order chi connectivity index (χ1) is 62.5. The molecule has 684 valence electrons. The van der Waals surface area contributed by atoms with E-state index in [0.29, 0.717) is 251 Å². The molecule has 0 radical (unpaired) electrons. The van der Waals surface area contributed by atoms with Crippen LogP contribution in [0.25, 0.3) is 99.2 Å². The number of hydrogen-bond acceptors (Lipinski definition) is 30. The Morgan fingerprint density at radius 3 is 1.17 bits per heavy atom. The summed E-state index contributed by atoms with van der Waals surface area (Å²) in [6.45, 7) is 24.0. The maximum absolute atomic E-state index is 13.2. The molecule has 7 heterocycles. The van der Waals surface area contributed by atoms with Crippen LogP contribution < -0.4 is 53.3 Å². The van der Waals surface area contributed by atoms with E-state index in [4.69, 9.17) is 83.3 Å². The first-order valence-corrected chi connectivity index (χ1v) is 42.1. The monoisotopic (exact) mass is 1770 g/mol. The number of fused-ring (bicyclic) bond motifs is 6. The highest BCUT2D eigenvalue weighted by atomic mass is 16.6. The van der Waals surface area contributed by atoms with E-state index in [0.717, 1.165) is 21.7 Å². The summed E-state index contributed by atoms with van der Waals surface area (Å²) in [5, 5.41) is 15.1. The molecule has 32 heteroatoms. The summed E-state index contributed by atoms with van der Waals surface area (Å²) in [6.07, 6.45) is 4.91. The lowest BCUT2D eigenvalue weighted by Gasteiger charge is -2.23. The zero-order chi connectivity index (χ0) is 91.8. The van der Waals surface area contributed by atoms with Gasteiger partial charge in [0.2, 0.25) is 0 Å². The predicted octanol–water partition coefficient (Wildman–Crippen LogP) is 13.6. The largest absolute Gasteiger partial charge is 0.489 e. The number of amides is 1. The van der Waals surface area contributed by atoms with E-state index in [9.17, 15) is 33.6 Å². The fourth-order valence-corrected chi connectivity index (χ4v) is 14.0. The van der Waals surface area contributed by atoms with Crippen LogP contribution in [0, 0.1) is 0 Å². The number of benzene rings is 6. The molecule has 1 N–H and O–H groups in total. The van der Waals surface area contributed by atoms with Gasteiger partial charge in [-0.2, -0.15) is 0 Å². The summed E-state index contributed by atoms with van der Waals surface area (Å²) >= 11 is 0. The lowest BCUT2D eigenvalue weighted by atomic mass is 9.99. The van der Waals surface area contributed by atoms with Gasteiger partial charge in [-0.15, -0.1) is 5.10 Å². The second-order valence-electron chi connectivity index (χ2n) is 31.0. The Morgan fingerprint density at radius 2 is 0.806 bits per heavy atom. The van der Waals surface area contributed by atoms with E-state index in [1.807, 2.05) is 74.5 Å². The minimum absolute atomic E-state index is 0.0822. The molecule has 0 aliphatic carbocycles. The van der Waals surface area contributed by atoms with E-state index in [2.05, 4.69) is 36.9 Å². The third-order valence-electron chi connectivity index (χ3n) is 20.3. The zero-order valence-electron chi connectivity index (χ0n) is 74.7. The third-order valence-corrected chi connectivity index (χ3v) is 20.3. The van der Waals surface area contributed by atoms with Gasteiger partial charge in [-0.1, -0.05) is 78.0 Å². The summed E-state index contributed by atoms with van der Waals surface area (Å²) in [5.74, 6) is 1.63. The second-order valence-corrected chi connectivity index (χ2v) is 31.0. The number of ether oxygens (including phenoxy) is 12. The number of rotatable bonds is 45. The Labute approximate surface area is 743 Å². The molecule has 0 atom stereocenters. The fourth-order valence-electron chi connectivity index (χ4n) is 14.0. The van der Waals surface area contributed by atoms with Gasteiger partial charge in [-0.05, 0) is 113 Å². The lowest BCUT2D eigenvalue weighted by molar-refractivity contribution is 0.0377. The number of allylic oxidation sites excluding steroid dienone is 1. The lowest BCUT2D eigenvalue weighted by Crippen LogP contribution is -2.34. The molecular weight excluding hydrogens is 1660 g/mol. The topological polar surface area (TPSA) is 362 Å². The molecule has 0 saturated heterocycles. The van der Waals surface area contributed by atoms with Crippen molar-refractivity contribution in [2.45, 2.75) is 73.0 Å². The second kappa shape index (κ2) is 48.6. The standard InChI is InChI=1S/C39H49N5O11.C30H33NO7.C28H29NO7/c1-39(2,3)55-38(47)40-12-16-50-20-21-51-19-15-44-24-28(41-42-44)26-52-34-11-10-29-30(31-22-27-8-6-7-9-33(27)53-37(31)46)23-35(45)54-36(29)32(34)25-43(13-17-48-4)14-18-49-5;1-20(2)11-14-36-27-10-9-22-23(24-17-21-7-5-6-8-26(21)37-30(24)33)18-28(32)38-29(22)25(27)19-31(12-15-34-3)13-16-35-4;1-4-13-34-25-10-9-20-21(22-16-19-7-5-6-8-24(19)35-28(22)31)17-26(30)36-27(20)23(25)18-29(11-14-32-2)12-15-33-3/h6-11,22-24H,12-21,25-26H2,1-5H3,(H,40,47);5-11,17-18H,12-16,19H2,1-4H3;4-10,16-17H,1,11-15,18H2,2-3H3. The Balaban J connectivity index is 0.000000193. The molecule has 6 aromatic carbocycles. The molecule has 0 aliphatic rings. The van der Waals surface area contributed by atoms with Gasteiger partial charge in [-0.25, -0.2) is 38.2 Å². The fraction of sp³-hybridized carbons (Fsp3) is 0.371. The predicted molar refractivity (Wildman–Crippen MR) is 490 cm³/mol. The first-order valence-electron chi connectivity index (χ1n) is 42.1. The SMILES string of the molecule is C=CCOc1ccc2c(-c3cc4ccccc4oc3=O)cc(=O)oc2c1CN(CCOC)CCOC.COCCN(CCOC)Cc1c(OCC=C(C)C)ccc2c(-c3cc4ccccc4oc3=O)cc(=O)oc12.COCCN(CCOC)Cc1c(OCc2cn(CCOCCOCCNC(=O)OC(C)(C)C)nn2)ccc2c(-c3cc4ccccc4oc3=O)cc(=O)oc12. The van der Waals surface area contributed by atoms with Crippen LogP contribution in [0.5, 0.6) is 17.2 Å². The average molecular weight is 1770 g/mol. The van der Waals surface area contributed by atoms with Gasteiger partial charge in [-0.3, -0.25) is 14.7 Å². The Bertz CT molecular complexity index is 6310. The normalized spacial score (nSPS) is 11.6.